The molecule has 0 spiro atoms. The second kappa shape index (κ2) is 7.17. The molecule has 1 heterocycles. The van der Waals surface area contributed by atoms with Crippen LogP contribution in [0.1, 0.15) is 25.8 Å². The lowest BCUT2D eigenvalue weighted by Crippen LogP contribution is -2.23. The van der Waals surface area contributed by atoms with Gasteiger partial charge in [0.25, 0.3) is 0 Å². The largest absolute Gasteiger partial charge is 0.493 e. The molecule has 0 unspecified atom stereocenters. The number of carbonyl (C=O) groups is 1. The van der Waals surface area contributed by atoms with Crippen molar-refractivity contribution < 1.29 is 19.0 Å². The van der Waals surface area contributed by atoms with Gasteiger partial charge in [-0.1, -0.05) is 13.8 Å². The van der Waals surface area contributed by atoms with Crippen LogP contribution in [-0.4, -0.2) is 32.4 Å². The van der Waals surface area contributed by atoms with E-state index in [1.54, 1.807) is 7.05 Å². The van der Waals surface area contributed by atoms with E-state index in [9.17, 15) is 4.79 Å². The van der Waals surface area contributed by atoms with Crippen LogP contribution in [0.2, 0.25) is 0 Å². The molecule has 0 saturated heterocycles. The van der Waals surface area contributed by atoms with Gasteiger partial charge in [0.15, 0.2) is 11.5 Å². The summed E-state index contributed by atoms with van der Waals surface area (Å²) in [5, 5.41) is 5.92. The van der Waals surface area contributed by atoms with Gasteiger partial charge in [0.2, 0.25) is 12.7 Å². The maximum absolute atomic E-state index is 11.2. The molecule has 0 aliphatic carbocycles. The van der Waals surface area contributed by atoms with Crippen molar-refractivity contribution in [3.8, 4) is 17.2 Å². The molecule has 1 aromatic rings. The Hall–Kier alpha value is -1.95. The lowest BCUT2D eigenvalue weighted by molar-refractivity contribution is -0.121. The third-order valence-corrected chi connectivity index (χ3v) is 3.12. The number of fused-ring (bicyclic) bond motifs is 1. The van der Waals surface area contributed by atoms with Crippen LogP contribution >= 0.6 is 0 Å². The van der Waals surface area contributed by atoms with Crippen molar-refractivity contribution in [1.29, 1.82) is 0 Å². The van der Waals surface area contributed by atoms with Crippen LogP contribution in [0.3, 0.4) is 0 Å². The molecule has 0 radical (unpaired) electrons. The summed E-state index contributed by atoms with van der Waals surface area (Å²) in [4.78, 5) is 11.2. The molecule has 2 rings (SSSR count). The summed E-state index contributed by atoms with van der Waals surface area (Å²) in [6.45, 7) is 5.39. The van der Waals surface area contributed by atoms with Crippen LogP contribution in [0, 0.1) is 0 Å². The number of ether oxygens (including phenoxy) is 3. The Morgan fingerprint density at radius 3 is 2.71 bits per heavy atom. The quantitative estimate of drug-likeness (QED) is 0.796. The first-order chi connectivity index (χ1) is 10.1. The van der Waals surface area contributed by atoms with Crippen LogP contribution in [0.15, 0.2) is 12.1 Å². The molecule has 0 bridgehead atoms. The van der Waals surface area contributed by atoms with E-state index >= 15 is 0 Å². The van der Waals surface area contributed by atoms with Crippen molar-refractivity contribution in [2.45, 2.75) is 32.9 Å². The first-order valence-corrected chi connectivity index (χ1v) is 7.09. The van der Waals surface area contributed by atoms with E-state index in [0.29, 0.717) is 31.4 Å². The van der Waals surface area contributed by atoms with E-state index in [1.165, 1.54) is 0 Å². The van der Waals surface area contributed by atoms with Crippen molar-refractivity contribution in [3.05, 3.63) is 17.7 Å². The SMILES string of the molecule is CNC(=O)CCOc1cc2c(cc1CNC(C)C)OCO2. The topological polar surface area (TPSA) is 68.8 Å². The number of amides is 1. The van der Waals surface area contributed by atoms with Crippen molar-refractivity contribution in [2.75, 3.05) is 20.4 Å². The van der Waals surface area contributed by atoms with Crippen LogP contribution < -0.4 is 24.8 Å². The van der Waals surface area contributed by atoms with E-state index < -0.39 is 0 Å². The van der Waals surface area contributed by atoms with E-state index in [4.69, 9.17) is 14.2 Å². The van der Waals surface area contributed by atoms with Crippen LogP contribution in [0.4, 0.5) is 0 Å². The molecule has 6 nitrogen and oxygen atoms in total. The molecule has 0 fully saturated rings. The van der Waals surface area contributed by atoms with Gasteiger partial charge in [-0.3, -0.25) is 4.79 Å². The Bertz CT molecular complexity index is 503. The van der Waals surface area contributed by atoms with Gasteiger partial charge in [-0.05, 0) is 6.07 Å². The Morgan fingerprint density at radius 1 is 1.33 bits per heavy atom. The number of rotatable bonds is 7. The van der Waals surface area contributed by atoms with Gasteiger partial charge in [0, 0.05) is 31.3 Å². The van der Waals surface area contributed by atoms with Gasteiger partial charge in [-0.2, -0.15) is 0 Å². The van der Waals surface area contributed by atoms with Gasteiger partial charge in [-0.25, -0.2) is 0 Å². The van der Waals surface area contributed by atoms with Crippen LogP contribution in [0.5, 0.6) is 17.2 Å². The van der Waals surface area contributed by atoms with Crippen molar-refractivity contribution >= 4 is 5.91 Å². The zero-order valence-corrected chi connectivity index (χ0v) is 12.7. The fraction of sp³-hybridized carbons (Fsp3) is 0.533. The summed E-state index contributed by atoms with van der Waals surface area (Å²) in [5.74, 6) is 2.08. The zero-order chi connectivity index (χ0) is 15.2. The van der Waals surface area contributed by atoms with E-state index in [1.807, 2.05) is 12.1 Å². The molecule has 1 amide bonds. The lowest BCUT2D eigenvalue weighted by atomic mass is 10.1. The maximum Gasteiger partial charge on any atom is 0.231 e. The van der Waals surface area contributed by atoms with Crippen molar-refractivity contribution in [1.82, 2.24) is 10.6 Å². The summed E-state index contributed by atoms with van der Waals surface area (Å²) in [6, 6.07) is 4.12. The Labute approximate surface area is 124 Å². The van der Waals surface area contributed by atoms with E-state index in [2.05, 4.69) is 24.5 Å². The molecule has 1 aliphatic rings. The minimum atomic E-state index is -0.0439. The third-order valence-electron chi connectivity index (χ3n) is 3.12. The highest BCUT2D eigenvalue weighted by molar-refractivity contribution is 5.75. The third kappa shape index (κ3) is 4.26. The van der Waals surface area contributed by atoms with Gasteiger partial charge < -0.3 is 24.8 Å². The normalized spacial score (nSPS) is 12.6. The van der Waals surface area contributed by atoms with Crippen LogP contribution in [0.25, 0.3) is 0 Å². The second-order valence-electron chi connectivity index (χ2n) is 5.12. The molecular weight excluding hydrogens is 272 g/mol. The van der Waals surface area contributed by atoms with Gasteiger partial charge in [0.1, 0.15) is 5.75 Å². The fourth-order valence-electron chi connectivity index (χ4n) is 1.93. The highest BCUT2D eigenvalue weighted by Crippen LogP contribution is 2.38. The molecule has 6 heteroatoms. The number of hydrogen-bond donors (Lipinski definition) is 2. The number of carbonyl (C=O) groups excluding carboxylic acids is 1. The maximum atomic E-state index is 11.2. The number of nitrogens with one attached hydrogen (secondary N) is 2. The summed E-state index contributed by atoms with van der Waals surface area (Å²) in [6.07, 6.45) is 0.321. The van der Waals surface area contributed by atoms with Gasteiger partial charge in [-0.15, -0.1) is 0 Å². The summed E-state index contributed by atoms with van der Waals surface area (Å²) < 4.78 is 16.5. The zero-order valence-electron chi connectivity index (χ0n) is 12.7. The fourth-order valence-corrected chi connectivity index (χ4v) is 1.93. The molecule has 2 N–H and O–H groups in total. The molecule has 0 saturated carbocycles. The standard InChI is InChI=1S/C15H22N2O4/c1-10(2)17-8-11-6-13-14(21-9-20-13)7-12(11)19-5-4-15(18)16-3/h6-7,10,17H,4-5,8-9H2,1-3H3,(H,16,18). The molecule has 1 aromatic carbocycles. The summed E-state index contributed by atoms with van der Waals surface area (Å²) >= 11 is 0. The monoisotopic (exact) mass is 294 g/mol. The van der Waals surface area contributed by atoms with Gasteiger partial charge in [0.05, 0.1) is 13.0 Å². The van der Waals surface area contributed by atoms with Gasteiger partial charge >= 0.3 is 0 Å². The van der Waals surface area contributed by atoms with E-state index in [-0.39, 0.29) is 12.7 Å². The summed E-state index contributed by atoms with van der Waals surface area (Å²) in [5.41, 5.74) is 0.991. The molecule has 1 aliphatic heterocycles. The molecule has 21 heavy (non-hydrogen) atoms. The number of benzene rings is 1. The molecular formula is C15H22N2O4. The molecule has 0 atom stereocenters. The predicted octanol–water partition coefficient (Wildman–Crippen LogP) is 1.43. The minimum absolute atomic E-state index is 0.0439. The highest BCUT2D eigenvalue weighted by atomic mass is 16.7. The first kappa shape index (κ1) is 15.4. The van der Waals surface area contributed by atoms with Crippen LogP contribution in [-0.2, 0) is 11.3 Å². The molecule has 0 aromatic heterocycles. The highest BCUT2D eigenvalue weighted by Gasteiger charge is 2.18. The lowest BCUT2D eigenvalue weighted by Gasteiger charge is -2.14. The van der Waals surface area contributed by atoms with E-state index in [0.717, 1.165) is 17.1 Å². The smallest absolute Gasteiger partial charge is 0.231 e. The summed E-state index contributed by atoms with van der Waals surface area (Å²) in [7, 11) is 1.61. The molecule has 116 valence electrons. The Balaban J connectivity index is 2.07. The predicted molar refractivity (Wildman–Crippen MR) is 78.7 cm³/mol. The minimum Gasteiger partial charge on any atom is -0.493 e. The van der Waals surface area contributed by atoms with Crippen molar-refractivity contribution in [3.63, 3.8) is 0 Å². The number of hydrogen-bond acceptors (Lipinski definition) is 5. The average Bonchev–Trinajstić information content (AvgIpc) is 2.91. The second-order valence-corrected chi connectivity index (χ2v) is 5.12. The Kier molecular flexibility index (Phi) is 5.27. The average molecular weight is 294 g/mol. The van der Waals surface area contributed by atoms with Crippen molar-refractivity contribution in [2.24, 2.45) is 0 Å². The first-order valence-electron chi connectivity index (χ1n) is 7.09. The Morgan fingerprint density at radius 2 is 2.05 bits per heavy atom.